The third-order valence-electron chi connectivity index (χ3n) is 5.45. The molecule has 1 N–H and O–H groups in total. The number of fused-ring (bicyclic) bond motifs is 1. The van der Waals surface area contributed by atoms with Crippen LogP contribution in [0, 0.1) is 0 Å². The van der Waals surface area contributed by atoms with Crippen LogP contribution in [0.1, 0.15) is 24.0 Å². The molecule has 0 aliphatic carbocycles. The summed E-state index contributed by atoms with van der Waals surface area (Å²) in [5, 5.41) is 3.52. The minimum absolute atomic E-state index is 0.283. The Labute approximate surface area is 167 Å². The lowest BCUT2D eigenvalue weighted by molar-refractivity contribution is 0.129. The van der Waals surface area contributed by atoms with Gasteiger partial charge in [0.2, 0.25) is 0 Å². The van der Waals surface area contributed by atoms with Crippen molar-refractivity contribution >= 4 is 5.96 Å². The van der Waals surface area contributed by atoms with Crippen LogP contribution in [0.5, 0.6) is 11.5 Å². The number of likely N-dealkylation sites (tertiary alicyclic amines) is 1. The van der Waals surface area contributed by atoms with Crippen molar-refractivity contribution in [1.82, 2.24) is 10.2 Å². The molecule has 1 fully saturated rings. The minimum Gasteiger partial charge on any atom is -0.493 e. The van der Waals surface area contributed by atoms with Crippen LogP contribution in [-0.2, 0) is 12.8 Å². The molecule has 0 aromatic heterocycles. The van der Waals surface area contributed by atoms with Crippen LogP contribution in [0.3, 0.4) is 0 Å². The Kier molecular flexibility index (Phi) is 6.00. The molecule has 148 valence electrons. The Bertz CT molecular complexity index is 799. The van der Waals surface area contributed by atoms with Crippen molar-refractivity contribution < 1.29 is 9.47 Å². The van der Waals surface area contributed by atoms with Gasteiger partial charge in [-0.3, -0.25) is 4.99 Å². The van der Waals surface area contributed by atoms with E-state index in [1.165, 1.54) is 11.1 Å². The number of benzene rings is 2. The first-order valence-electron chi connectivity index (χ1n) is 10.2. The third kappa shape index (κ3) is 4.58. The average Bonchev–Trinajstić information content (AvgIpc) is 3.21. The van der Waals surface area contributed by atoms with Crippen LogP contribution < -0.4 is 14.8 Å². The van der Waals surface area contributed by atoms with Gasteiger partial charge in [0.05, 0.1) is 6.61 Å². The summed E-state index contributed by atoms with van der Waals surface area (Å²) in [6.45, 7) is 3.63. The molecule has 0 spiro atoms. The molecule has 2 aromatic carbocycles. The van der Waals surface area contributed by atoms with E-state index in [-0.39, 0.29) is 6.10 Å². The smallest absolute Gasteiger partial charge is 0.193 e. The molecule has 2 aliphatic heterocycles. The first-order valence-corrected chi connectivity index (χ1v) is 10.2. The molecule has 5 nitrogen and oxygen atoms in total. The Hall–Kier alpha value is -2.69. The molecule has 2 aliphatic rings. The second-order valence-corrected chi connectivity index (χ2v) is 7.38. The van der Waals surface area contributed by atoms with Gasteiger partial charge >= 0.3 is 0 Å². The molecule has 4 rings (SSSR count). The van der Waals surface area contributed by atoms with Crippen molar-refractivity contribution in [3.05, 3.63) is 59.7 Å². The summed E-state index contributed by atoms with van der Waals surface area (Å²) in [5.74, 6) is 3.00. The van der Waals surface area contributed by atoms with Crippen LogP contribution in [0.25, 0.3) is 0 Å². The molecule has 5 heteroatoms. The summed E-state index contributed by atoms with van der Waals surface area (Å²) in [7, 11) is 1.86. The molecule has 2 aromatic rings. The molecule has 0 radical (unpaired) electrons. The second kappa shape index (κ2) is 9.00. The second-order valence-electron chi connectivity index (χ2n) is 7.38. The Morgan fingerprint density at radius 2 is 2.00 bits per heavy atom. The molecular weight excluding hydrogens is 350 g/mol. The van der Waals surface area contributed by atoms with E-state index in [0.717, 1.165) is 69.4 Å². The van der Waals surface area contributed by atoms with Crippen LogP contribution in [0.15, 0.2) is 53.5 Å². The highest BCUT2D eigenvalue weighted by molar-refractivity contribution is 5.80. The first kappa shape index (κ1) is 18.7. The van der Waals surface area contributed by atoms with Crippen LogP contribution in [0.2, 0.25) is 0 Å². The van der Waals surface area contributed by atoms with Crippen molar-refractivity contribution in [2.24, 2.45) is 4.99 Å². The highest BCUT2D eigenvalue weighted by atomic mass is 16.5. The van der Waals surface area contributed by atoms with Gasteiger partial charge in [0, 0.05) is 45.9 Å². The fourth-order valence-electron chi connectivity index (χ4n) is 3.92. The molecule has 28 heavy (non-hydrogen) atoms. The van der Waals surface area contributed by atoms with Gasteiger partial charge in [-0.15, -0.1) is 0 Å². The quantitative estimate of drug-likeness (QED) is 0.640. The standard InChI is InChI=1S/C23H29N3O2/c1-24-23(25-13-9-18-7-8-22-19(17-18)12-16-27-22)26-14-10-21(11-15-26)28-20-5-3-2-4-6-20/h2-8,17,21H,9-16H2,1H3,(H,24,25). The molecule has 0 unspecified atom stereocenters. The Morgan fingerprint density at radius 1 is 1.18 bits per heavy atom. The predicted molar refractivity (Wildman–Crippen MR) is 112 cm³/mol. The average molecular weight is 380 g/mol. The van der Waals surface area contributed by atoms with E-state index in [9.17, 15) is 0 Å². The van der Waals surface area contributed by atoms with Crippen molar-refractivity contribution in [2.75, 3.05) is 33.3 Å². The van der Waals surface area contributed by atoms with Gasteiger partial charge in [0.25, 0.3) is 0 Å². The zero-order valence-electron chi connectivity index (χ0n) is 16.6. The van der Waals surface area contributed by atoms with Crippen LogP contribution in [0.4, 0.5) is 0 Å². The number of para-hydroxylation sites is 1. The van der Waals surface area contributed by atoms with E-state index in [1.807, 2.05) is 37.4 Å². The summed E-state index contributed by atoms with van der Waals surface area (Å²) in [5.41, 5.74) is 2.68. The van der Waals surface area contributed by atoms with Crippen LogP contribution >= 0.6 is 0 Å². The number of hydrogen-bond donors (Lipinski definition) is 1. The zero-order chi connectivity index (χ0) is 19.2. The molecule has 0 bridgehead atoms. The highest BCUT2D eigenvalue weighted by Gasteiger charge is 2.22. The van der Waals surface area contributed by atoms with Crippen molar-refractivity contribution in [2.45, 2.75) is 31.8 Å². The lowest BCUT2D eigenvalue weighted by atomic mass is 10.1. The summed E-state index contributed by atoms with van der Waals surface area (Å²) in [6.07, 6.45) is 4.32. The number of nitrogens with zero attached hydrogens (tertiary/aromatic N) is 2. The van der Waals surface area contributed by atoms with Gasteiger partial charge in [-0.25, -0.2) is 0 Å². The van der Waals surface area contributed by atoms with Crippen molar-refractivity contribution in [1.29, 1.82) is 0 Å². The lowest BCUT2D eigenvalue weighted by Crippen LogP contribution is -2.47. The van der Waals surface area contributed by atoms with Gasteiger partial charge in [0.15, 0.2) is 5.96 Å². The summed E-state index contributed by atoms with van der Waals surface area (Å²) < 4.78 is 11.7. The fourth-order valence-corrected chi connectivity index (χ4v) is 3.92. The maximum atomic E-state index is 6.10. The monoisotopic (exact) mass is 379 g/mol. The van der Waals surface area contributed by atoms with E-state index in [0.29, 0.717) is 0 Å². The number of hydrogen-bond acceptors (Lipinski definition) is 3. The largest absolute Gasteiger partial charge is 0.493 e. The third-order valence-corrected chi connectivity index (χ3v) is 5.45. The van der Waals surface area contributed by atoms with E-state index in [1.54, 1.807) is 0 Å². The van der Waals surface area contributed by atoms with E-state index < -0.39 is 0 Å². The number of piperidine rings is 1. The predicted octanol–water partition coefficient (Wildman–Crippen LogP) is 3.28. The molecule has 0 atom stereocenters. The summed E-state index contributed by atoms with van der Waals surface area (Å²) >= 11 is 0. The number of nitrogens with one attached hydrogen (secondary N) is 1. The van der Waals surface area contributed by atoms with Gasteiger partial charge in [-0.2, -0.15) is 0 Å². The maximum Gasteiger partial charge on any atom is 0.193 e. The van der Waals surface area contributed by atoms with E-state index in [4.69, 9.17) is 9.47 Å². The number of aliphatic imine (C=N–C) groups is 1. The normalized spacial score (nSPS) is 17.2. The van der Waals surface area contributed by atoms with Gasteiger partial charge in [0.1, 0.15) is 17.6 Å². The molecular formula is C23H29N3O2. The Morgan fingerprint density at radius 3 is 2.79 bits per heavy atom. The van der Waals surface area contributed by atoms with Gasteiger partial charge < -0.3 is 19.7 Å². The Balaban J connectivity index is 1.22. The molecule has 0 saturated carbocycles. The highest BCUT2D eigenvalue weighted by Crippen LogP contribution is 2.26. The fraction of sp³-hybridized carbons (Fsp3) is 0.435. The number of ether oxygens (including phenoxy) is 2. The van der Waals surface area contributed by atoms with Crippen molar-refractivity contribution in [3.63, 3.8) is 0 Å². The SMILES string of the molecule is CN=C(NCCc1ccc2c(c1)CCO2)N1CCC(Oc2ccccc2)CC1. The summed E-state index contributed by atoms with van der Waals surface area (Å²) in [4.78, 5) is 6.82. The van der Waals surface area contributed by atoms with Crippen LogP contribution in [-0.4, -0.2) is 50.3 Å². The zero-order valence-corrected chi connectivity index (χ0v) is 16.6. The topological polar surface area (TPSA) is 46.1 Å². The van der Waals surface area contributed by atoms with E-state index >= 15 is 0 Å². The molecule has 1 saturated heterocycles. The maximum absolute atomic E-state index is 6.10. The van der Waals surface area contributed by atoms with Crippen molar-refractivity contribution in [3.8, 4) is 11.5 Å². The first-order chi connectivity index (χ1) is 13.8. The number of guanidine groups is 1. The van der Waals surface area contributed by atoms with E-state index in [2.05, 4.69) is 33.4 Å². The summed E-state index contributed by atoms with van der Waals surface area (Å²) in [6, 6.07) is 16.6. The number of rotatable bonds is 5. The van der Waals surface area contributed by atoms with Gasteiger partial charge in [-0.1, -0.05) is 30.3 Å². The lowest BCUT2D eigenvalue weighted by Gasteiger charge is -2.34. The molecule has 2 heterocycles. The van der Waals surface area contributed by atoms with Gasteiger partial charge in [-0.05, 0) is 35.7 Å². The minimum atomic E-state index is 0.283. The molecule has 0 amide bonds.